The second-order valence-electron chi connectivity index (χ2n) is 4.60. The Labute approximate surface area is 114 Å². The molecule has 5 heteroatoms. The van der Waals surface area contributed by atoms with Gasteiger partial charge in [-0.3, -0.25) is 0 Å². The number of rotatable bonds is 6. The zero-order valence-electron chi connectivity index (χ0n) is 11.3. The lowest BCUT2D eigenvalue weighted by atomic mass is 10.2. The first-order chi connectivity index (χ1) is 8.43. The van der Waals surface area contributed by atoms with Gasteiger partial charge >= 0.3 is 0 Å². The molecule has 0 spiro atoms. The Morgan fingerprint density at radius 2 is 2.11 bits per heavy atom. The van der Waals surface area contributed by atoms with E-state index in [9.17, 15) is 5.11 Å². The fourth-order valence-corrected chi connectivity index (χ4v) is 1.84. The van der Waals surface area contributed by atoms with E-state index in [1.807, 2.05) is 32.0 Å². The third-order valence-corrected chi connectivity index (χ3v) is 2.99. The molecule has 1 rings (SSSR count). The van der Waals surface area contributed by atoms with Gasteiger partial charge < -0.3 is 20.1 Å². The van der Waals surface area contributed by atoms with Crippen LogP contribution in [-0.2, 0) is 0 Å². The molecule has 18 heavy (non-hydrogen) atoms. The first kappa shape index (κ1) is 15.1. The van der Waals surface area contributed by atoms with E-state index in [1.54, 1.807) is 13.2 Å². The molecule has 0 aromatic heterocycles. The van der Waals surface area contributed by atoms with Crippen molar-refractivity contribution in [1.82, 2.24) is 4.90 Å². The number of methoxy groups -OCH3 is 1. The highest BCUT2D eigenvalue weighted by atomic mass is 35.5. The summed E-state index contributed by atoms with van der Waals surface area (Å²) in [5.74, 6) is 0.683. The van der Waals surface area contributed by atoms with Gasteiger partial charge in [0.15, 0.2) is 0 Å². The predicted octanol–water partition coefficient (Wildman–Crippen LogP) is 1.99. The van der Waals surface area contributed by atoms with Crippen LogP contribution >= 0.6 is 11.6 Å². The molecule has 4 nitrogen and oxygen atoms in total. The van der Waals surface area contributed by atoms with Gasteiger partial charge in [-0.05, 0) is 32.6 Å². The number of benzene rings is 1. The number of likely N-dealkylation sites (N-methyl/N-ethyl adjacent to an activating group) is 1. The highest BCUT2D eigenvalue weighted by molar-refractivity contribution is 6.31. The van der Waals surface area contributed by atoms with Crippen LogP contribution in [0.5, 0.6) is 5.75 Å². The molecule has 0 aliphatic carbocycles. The number of aliphatic hydroxyl groups is 1. The van der Waals surface area contributed by atoms with Gasteiger partial charge in [-0.1, -0.05) is 11.6 Å². The zero-order chi connectivity index (χ0) is 13.7. The smallest absolute Gasteiger partial charge is 0.143 e. The fourth-order valence-electron chi connectivity index (χ4n) is 1.68. The van der Waals surface area contributed by atoms with E-state index >= 15 is 0 Å². The molecule has 102 valence electrons. The van der Waals surface area contributed by atoms with Crippen molar-refractivity contribution in [2.24, 2.45) is 0 Å². The van der Waals surface area contributed by atoms with E-state index in [0.717, 1.165) is 11.3 Å². The molecule has 0 saturated heterocycles. The van der Waals surface area contributed by atoms with E-state index in [2.05, 4.69) is 5.32 Å². The number of ether oxygens (including phenoxy) is 1. The number of nitrogens with zero attached hydrogens (tertiary/aromatic N) is 1. The standard InChI is InChI=1S/C13H21ClN2O2/c1-9-5-12(13(18-4)6-11(9)14)15-7-10(17)8-16(2)3/h5-6,10,15,17H,7-8H2,1-4H3. The minimum atomic E-state index is -0.430. The summed E-state index contributed by atoms with van der Waals surface area (Å²) >= 11 is 6.03. The highest BCUT2D eigenvalue weighted by Crippen LogP contribution is 2.30. The topological polar surface area (TPSA) is 44.7 Å². The van der Waals surface area contributed by atoms with Gasteiger partial charge in [0.1, 0.15) is 5.75 Å². The number of aliphatic hydroxyl groups excluding tert-OH is 1. The number of halogens is 1. The number of hydrogen-bond donors (Lipinski definition) is 2. The Hall–Kier alpha value is -0.970. The van der Waals surface area contributed by atoms with Gasteiger partial charge in [0.2, 0.25) is 0 Å². The van der Waals surface area contributed by atoms with E-state index in [4.69, 9.17) is 16.3 Å². The number of nitrogens with one attached hydrogen (secondary N) is 1. The number of hydrogen-bond acceptors (Lipinski definition) is 4. The maximum Gasteiger partial charge on any atom is 0.143 e. The Balaban J connectivity index is 2.69. The zero-order valence-corrected chi connectivity index (χ0v) is 12.1. The van der Waals surface area contributed by atoms with Crippen molar-refractivity contribution >= 4 is 17.3 Å². The maximum atomic E-state index is 9.80. The van der Waals surface area contributed by atoms with E-state index in [0.29, 0.717) is 23.9 Å². The SMILES string of the molecule is COc1cc(Cl)c(C)cc1NCC(O)CN(C)C. The molecule has 0 aliphatic rings. The second kappa shape index (κ2) is 6.83. The summed E-state index contributed by atoms with van der Waals surface area (Å²) in [6.45, 7) is 3.01. The van der Waals surface area contributed by atoms with Crippen molar-refractivity contribution in [1.29, 1.82) is 0 Å². The molecule has 1 unspecified atom stereocenters. The molecule has 0 amide bonds. The normalized spacial score (nSPS) is 12.6. The minimum absolute atomic E-state index is 0.430. The molecule has 0 fully saturated rings. The third kappa shape index (κ3) is 4.37. The predicted molar refractivity (Wildman–Crippen MR) is 75.8 cm³/mol. The van der Waals surface area contributed by atoms with Crippen LogP contribution in [0.1, 0.15) is 5.56 Å². The van der Waals surface area contributed by atoms with Gasteiger partial charge in [-0.25, -0.2) is 0 Å². The van der Waals surface area contributed by atoms with Gasteiger partial charge in [-0.15, -0.1) is 0 Å². The van der Waals surface area contributed by atoms with Gasteiger partial charge in [0, 0.05) is 24.2 Å². The first-order valence-electron chi connectivity index (χ1n) is 5.84. The molecule has 2 N–H and O–H groups in total. The Bertz CT molecular complexity index is 397. The van der Waals surface area contributed by atoms with Crippen LogP contribution in [0.2, 0.25) is 5.02 Å². The molecule has 0 saturated carbocycles. The third-order valence-electron chi connectivity index (χ3n) is 2.58. The van der Waals surface area contributed by atoms with E-state index in [1.165, 1.54) is 0 Å². The summed E-state index contributed by atoms with van der Waals surface area (Å²) in [5, 5.41) is 13.6. The van der Waals surface area contributed by atoms with Crippen molar-refractivity contribution < 1.29 is 9.84 Å². The van der Waals surface area contributed by atoms with Gasteiger partial charge in [0.25, 0.3) is 0 Å². The summed E-state index contributed by atoms with van der Waals surface area (Å²) in [4.78, 5) is 1.94. The largest absolute Gasteiger partial charge is 0.495 e. The van der Waals surface area contributed by atoms with Crippen LogP contribution in [0.4, 0.5) is 5.69 Å². The summed E-state index contributed by atoms with van der Waals surface area (Å²) in [6.07, 6.45) is -0.430. The quantitative estimate of drug-likeness (QED) is 0.831. The van der Waals surface area contributed by atoms with Gasteiger partial charge in [-0.2, -0.15) is 0 Å². The second-order valence-corrected chi connectivity index (χ2v) is 5.01. The Kier molecular flexibility index (Phi) is 5.72. The molecular formula is C13H21ClN2O2. The molecule has 1 aromatic carbocycles. The monoisotopic (exact) mass is 272 g/mol. The van der Waals surface area contributed by atoms with Crippen LogP contribution in [-0.4, -0.2) is 50.4 Å². The Morgan fingerprint density at radius 1 is 1.44 bits per heavy atom. The van der Waals surface area contributed by atoms with Crippen molar-refractivity contribution in [2.45, 2.75) is 13.0 Å². The van der Waals surface area contributed by atoms with Crippen LogP contribution < -0.4 is 10.1 Å². The van der Waals surface area contributed by atoms with Crippen molar-refractivity contribution in [2.75, 3.05) is 39.6 Å². The summed E-state index contributed by atoms with van der Waals surface area (Å²) in [6, 6.07) is 3.70. The molecule has 1 aromatic rings. The molecular weight excluding hydrogens is 252 g/mol. The summed E-state index contributed by atoms with van der Waals surface area (Å²) < 4.78 is 5.26. The molecule has 0 aliphatic heterocycles. The number of anilines is 1. The van der Waals surface area contributed by atoms with E-state index in [-0.39, 0.29) is 0 Å². The number of aryl methyl sites for hydroxylation is 1. The van der Waals surface area contributed by atoms with E-state index < -0.39 is 6.10 Å². The van der Waals surface area contributed by atoms with Crippen LogP contribution in [0.25, 0.3) is 0 Å². The van der Waals surface area contributed by atoms with Crippen LogP contribution in [0, 0.1) is 6.92 Å². The average Bonchev–Trinajstić information content (AvgIpc) is 2.29. The molecule has 0 bridgehead atoms. The fraction of sp³-hybridized carbons (Fsp3) is 0.538. The lowest BCUT2D eigenvalue weighted by Crippen LogP contribution is -2.31. The molecule has 0 radical (unpaired) electrons. The lowest BCUT2D eigenvalue weighted by Gasteiger charge is -2.18. The summed E-state index contributed by atoms with van der Waals surface area (Å²) in [7, 11) is 5.45. The van der Waals surface area contributed by atoms with Crippen molar-refractivity contribution in [3.05, 3.63) is 22.7 Å². The average molecular weight is 273 g/mol. The van der Waals surface area contributed by atoms with Crippen molar-refractivity contribution in [3.8, 4) is 5.75 Å². The Morgan fingerprint density at radius 3 is 2.67 bits per heavy atom. The summed E-state index contributed by atoms with van der Waals surface area (Å²) in [5.41, 5.74) is 1.82. The van der Waals surface area contributed by atoms with Gasteiger partial charge in [0.05, 0.1) is 18.9 Å². The first-order valence-corrected chi connectivity index (χ1v) is 6.22. The van der Waals surface area contributed by atoms with Crippen LogP contribution in [0.15, 0.2) is 12.1 Å². The molecule has 0 heterocycles. The minimum Gasteiger partial charge on any atom is -0.495 e. The molecule has 1 atom stereocenters. The van der Waals surface area contributed by atoms with Crippen LogP contribution in [0.3, 0.4) is 0 Å². The van der Waals surface area contributed by atoms with Crippen molar-refractivity contribution in [3.63, 3.8) is 0 Å². The highest BCUT2D eigenvalue weighted by Gasteiger charge is 2.09. The maximum absolute atomic E-state index is 9.80. The lowest BCUT2D eigenvalue weighted by molar-refractivity contribution is 0.148.